The third kappa shape index (κ3) is 1.30. The van der Waals surface area contributed by atoms with Gasteiger partial charge in [-0.2, -0.15) is 0 Å². The molecular formula is C17H20N2. The maximum atomic E-state index is 4.87. The molecule has 2 bridgehead atoms. The van der Waals surface area contributed by atoms with E-state index in [1.54, 1.807) is 0 Å². The van der Waals surface area contributed by atoms with Crippen molar-refractivity contribution in [3.8, 4) is 0 Å². The number of hydrogen-bond acceptors (Lipinski definition) is 1. The van der Waals surface area contributed by atoms with Gasteiger partial charge in [-0.1, -0.05) is 13.0 Å². The summed E-state index contributed by atoms with van der Waals surface area (Å²) in [6, 6.07) is 6.67. The maximum absolute atomic E-state index is 4.87. The van der Waals surface area contributed by atoms with Crippen LogP contribution < -0.4 is 0 Å². The first-order chi connectivity index (χ1) is 9.35. The summed E-state index contributed by atoms with van der Waals surface area (Å²) in [5.74, 6) is 6.06. The van der Waals surface area contributed by atoms with E-state index in [0.717, 1.165) is 41.5 Å². The molecule has 0 aliphatic heterocycles. The van der Waals surface area contributed by atoms with Crippen LogP contribution in [0.2, 0.25) is 0 Å². The van der Waals surface area contributed by atoms with Gasteiger partial charge in [-0.3, -0.25) is 0 Å². The summed E-state index contributed by atoms with van der Waals surface area (Å²) in [7, 11) is 0. The van der Waals surface area contributed by atoms with Crippen LogP contribution in [0.5, 0.6) is 0 Å². The standard InChI is InChI=1S/C17H20N2/c1-2-9-3-6-12-13(7-9)19-17(18-12)16-14-10-4-5-11(8-10)15(14)16/h3,6-7,10-11,14-16H,2,4-5,8H2,1H3,(H,18,19). The van der Waals surface area contributed by atoms with Gasteiger partial charge in [0.25, 0.3) is 0 Å². The molecular weight excluding hydrogens is 232 g/mol. The van der Waals surface area contributed by atoms with Crippen molar-refractivity contribution in [2.24, 2.45) is 23.7 Å². The first kappa shape index (κ1) is 10.5. The Morgan fingerprint density at radius 2 is 2.00 bits per heavy atom. The molecule has 3 aliphatic carbocycles. The van der Waals surface area contributed by atoms with Crippen molar-refractivity contribution in [2.45, 2.75) is 38.5 Å². The summed E-state index contributed by atoms with van der Waals surface area (Å²) in [5.41, 5.74) is 3.80. The molecule has 98 valence electrons. The number of hydrogen-bond donors (Lipinski definition) is 1. The zero-order valence-electron chi connectivity index (χ0n) is 11.4. The van der Waals surface area contributed by atoms with Gasteiger partial charge in [-0.05, 0) is 67.1 Å². The summed E-state index contributed by atoms with van der Waals surface area (Å²) < 4.78 is 0. The highest BCUT2D eigenvalue weighted by atomic mass is 15.0. The largest absolute Gasteiger partial charge is 0.342 e. The molecule has 4 unspecified atom stereocenters. The Kier molecular flexibility index (Phi) is 1.88. The van der Waals surface area contributed by atoms with E-state index in [0.29, 0.717) is 0 Å². The fraction of sp³-hybridized carbons (Fsp3) is 0.588. The number of rotatable bonds is 2. The van der Waals surface area contributed by atoms with Gasteiger partial charge >= 0.3 is 0 Å². The molecule has 1 aromatic carbocycles. The molecule has 0 radical (unpaired) electrons. The summed E-state index contributed by atoms with van der Waals surface area (Å²) >= 11 is 0. The third-order valence-corrected chi connectivity index (χ3v) is 6.02. The molecule has 0 amide bonds. The van der Waals surface area contributed by atoms with Crippen LogP contribution in [0.25, 0.3) is 11.0 Å². The van der Waals surface area contributed by atoms with E-state index in [9.17, 15) is 0 Å². The van der Waals surface area contributed by atoms with Crippen LogP contribution in [-0.2, 0) is 6.42 Å². The Morgan fingerprint density at radius 1 is 1.21 bits per heavy atom. The van der Waals surface area contributed by atoms with Crippen molar-refractivity contribution < 1.29 is 0 Å². The van der Waals surface area contributed by atoms with Crippen molar-refractivity contribution in [1.29, 1.82) is 0 Å². The Labute approximate surface area is 113 Å². The first-order valence-corrected chi connectivity index (χ1v) is 7.83. The van der Waals surface area contributed by atoms with Crippen LogP contribution in [0, 0.1) is 23.7 Å². The quantitative estimate of drug-likeness (QED) is 0.863. The predicted molar refractivity (Wildman–Crippen MR) is 76.0 cm³/mol. The molecule has 19 heavy (non-hydrogen) atoms. The van der Waals surface area contributed by atoms with Crippen molar-refractivity contribution in [3.63, 3.8) is 0 Å². The smallest absolute Gasteiger partial charge is 0.110 e. The number of benzene rings is 1. The molecule has 2 heteroatoms. The van der Waals surface area contributed by atoms with E-state index in [-0.39, 0.29) is 0 Å². The molecule has 3 fully saturated rings. The van der Waals surface area contributed by atoms with Gasteiger partial charge in [0.2, 0.25) is 0 Å². The number of fused-ring (bicyclic) bond motifs is 6. The molecule has 5 rings (SSSR count). The van der Waals surface area contributed by atoms with Gasteiger partial charge in [-0.25, -0.2) is 4.98 Å². The molecule has 3 saturated carbocycles. The predicted octanol–water partition coefficient (Wildman–Crippen LogP) is 3.88. The highest BCUT2D eigenvalue weighted by Gasteiger charge is 2.66. The average Bonchev–Trinajstić information content (AvgIpc) is 2.82. The van der Waals surface area contributed by atoms with E-state index in [1.165, 1.54) is 36.2 Å². The van der Waals surface area contributed by atoms with Crippen LogP contribution >= 0.6 is 0 Å². The van der Waals surface area contributed by atoms with E-state index in [1.807, 2.05) is 0 Å². The molecule has 0 saturated heterocycles. The van der Waals surface area contributed by atoms with Crippen molar-refractivity contribution in [1.82, 2.24) is 9.97 Å². The molecule has 2 nitrogen and oxygen atoms in total. The monoisotopic (exact) mass is 252 g/mol. The lowest BCUT2D eigenvalue weighted by atomic mass is 10.0. The summed E-state index contributed by atoms with van der Waals surface area (Å²) in [4.78, 5) is 8.49. The minimum atomic E-state index is 0.767. The molecule has 2 aromatic rings. The van der Waals surface area contributed by atoms with Crippen molar-refractivity contribution in [2.75, 3.05) is 0 Å². The van der Waals surface area contributed by atoms with E-state index in [2.05, 4.69) is 30.1 Å². The second-order valence-corrected chi connectivity index (χ2v) is 6.84. The van der Waals surface area contributed by atoms with E-state index < -0.39 is 0 Å². The number of nitrogens with zero attached hydrogens (tertiary/aromatic N) is 1. The Morgan fingerprint density at radius 3 is 2.74 bits per heavy atom. The minimum Gasteiger partial charge on any atom is -0.342 e. The minimum absolute atomic E-state index is 0.767. The topological polar surface area (TPSA) is 28.7 Å². The number of nitrogens with one attached hydrogen (secondary N) is 1. The van der Waals surface area contributed by atoms with Gasteiger partial charge in [0, 0.05) is 5.92 Å². The number of imidazole rings is 1. The zero-order valence-corrected chi connectivity index (χ0v) is 11.4. The van der Waals surface area contributed by atoms with Gasteiger partial charge < -0.3 is 4.98 Å². The van der Waals surface area contributed by atoms with Crippen molar-refractivity contribution in [3.05, 3.63) is 29.6 Å². The number of aryl methyl sites for hydroxylation is 1. The Bertz CT molecular complexity index is 640. The molecule has 1 N–H and O–H groups in total. The first-order valence-electron chi connectivity index (χ1n) is 7.83. The van der Waals surface area contributed by atoms with Gasteiger partial charge in [0.1, 0.15) is 5.82 Å². The van der Waals surface area contributed by atoms with Crippen LogP contribution in [-0.4, -0.2) is 9.97 Å². The van der Waals surface area contributed by atoms with Crippen LogP contribution in [0.3, 0.4) is 0 Å². The van der Waals surface area contributed by atoms with Gasteiger partial charge in [0.05, 0.1) is 11.0 Å². The van der Waals surface area contributed by atoms with Crippen LogP contribution in [0.4, 0.5) is 0 Å². The highest BCUT2D eigenvalue weighted by Crippen LogP contribution is 2.72. The number of aromatic nitrogens is 2. The zero-order chi connectivity index (χ0) is 12.6. The summed E-state index contributed by atoms with van der Waals surface area (Å²) in [6.07, 6.45) is 5.60. The Balaban J connectivity index is 1.53. The van der Waals surface area contributed by atoms with Crippen LogP contribution in [0.15, 0.2) is 18.2 Å². The second-order valence-electron chi connectivity index (χ2n) is 6.84. The average molecular weight is 252 g/mol. The third-order valence-electron chi connectivity index (χ3n) is 6.02. The lowest BCUT2D eigenvalue weighted by Crippen LogP contribution is -1.98. The lowest BCUT2D eigenvalue weighted by Gasteiger charge is -2.05. The van der Waals surface area contributed by atoms with Crippen LogP contribution in [0.1, 0.15) is 43.5 Å². The second kappa shape index (κ2) is 3.41. The maximum Gasteiger partial charge on any atom is 0.110 e. The number of H-pyrrole nitrogens is 1. The molecule has 3 aliphatic rings. The fourth-order valence-electron chi connectivity index (χ4n) is 5.14. The molecule has 0 spiro atoms. The molecule has 1 heterocycles. The number of aromatic amines is 1. The van der Waals surface area contributed by atoms with Gasteiger partial charge in [0.15, 0.2) is 0 Å². The highest BCUT2D eigenvalue weighted by molar-refractivity contribution is 5.76. The lowest BCUT2D eigenvalue weighted by molar-refractivity contribution is 0.456. The van der Waals surface area contributed by atoms with E-state index in [4.69, 9.17) is 4.98 Å². The summed E-state index contributed by atoms with van der Waals surface area (Å²) in [5, 5.41) is 0. The SMILES string of the molecule is CCc1ccc2nc(C3C4C5CCC(C5)C34)[nH]c2c1. The fourth-order valence-corrected chi connectivity index (χ4v) is 5.14. The van der Waals surface area contributed by atoms with Gasteiger partial charge in [-0.15, -0.1) is 0 Å². The summed E-state index contributed by atoms with van der Waals surface area (Å²) in [6.45, 7) is 2.21. The molecule has 1 aromatic heterocycles. The van der Waals surface area contributed by atoms with Crippen molar-refractivity contribution >= 4 is 11.0 Å². The molecule has 4 atom stereocenters. The normalized spacial score (nSPS) is 38.9. The Hall–Kier alpha value is -1.31. The van der Waals surface area contributed by atoms with E-state index >= 15 is 0 Å².